The summed E-state index contributed by atoms with van der Waals surface area (Å²) in [6.07, 6.45) is 5.59. The molecule has 2 heterocycles. The first-order valence-corrected chi connectivity index (χ1v) is 9.98. The second kappa shape index (κ2) is 7.14. The summed E-state index contributed by atoms with van der Waals surface area (Å²) in [5.41, 5.74) is 3.74. The number of hydrogen-bond donors (Lipinski definition) is 0. The minimum Gasteiger partial charge on any atom is -0.334 e. The van der Waals surface area contributed by atoms with Crippen LogP contribution in [0.2, 0.25) is 0 Å². The fourth-order valence-electron chi connectivity index (χ4n) is 3.19. The zero-order valence-electron chi connectivity index (χ0n) is 14.6. The molecule has 0 spiro atoms. The molecule has 0 fully saturated rings. The fourth-order valence-corrected chi connectivity index (χ4v) is 4.14. The van der Waals surface area contributed by atoms with Crippen molar-refractivity contribution in [1.82, 2.24) is 9.88 Å². The monoisotopic (exact) mass is 379 g/mol. The number of aromatic nitrogens is 1. The van der Waals surface area contributed by atoms with Gasteiger partial charge in [0.2, 0.25) is 0 Å². The Bertz CT molecular complexity index is 1010. The van der Waals surface area contributed by atoms with Gasteiger partial charge in [0.25, 0.3) is 0 Å². The summed E-state index contributed by atoms with van der Waals surface area (Å²) in [6, 6.07) is 18.8. The average molecular weight is 380 g/mol. The number of amidine groups is 1. The predicted molar refractivity (Wildman–Crippen MR) is 113 cm³/mol. The van der Waals surface area contributed by atoms with E-state index in [2.05, 4.69) is 47.4 Å². The molecule has 0 bridgehead atoms. The number of benzene rings is 2. The van der Waals surface area contributed by atoms with Crippen molar-refractivity contribution in [1.29, 1.82) is 0 Å². The molecular formula is C21H18ClN3S. The van der Waals surface area contributed by atoms with Crippen LogP contribution in [0.15, 0.2) is 72.0 Å². The summed E-state index contributed by atoms with van der Waals surface area (Å²) in [6.45, 7) is 0. The summed E-state index contributed by atoms with van der Waals surface area (Å²) in [5.74, 6) is 0. The van der Waals surface area contributed by atoms with Gasteiger partial charge >= 0.3 is 0 Å². The van der Waals surface area contributed by atoms with Crippen LogP contribution in [0.1, 0.15) is 11.1 Å². The molecule has 4 rings (SSSR count). The SMILES string of the molecule is CSC1=NC(c2ccncc2)=C(c2ccc3ccccc3c2)C(Cl)N1C. The minimum absolute atomic E-state index is 0.292. The third-order valence-corrected chi connectivity index (χ3v) is 5.79. The molecule has 26 heavy (non-hydrogen) atoms. The highest BCUT2D eigenvalue weighted by Crippen LogP contribution is 2.39. The first-order valence-electron chi connectivity index (χ1n) is 8.32. The molecule has 0 radical (unpaired) electrons. The maximum atomic E-state index is 6.90. The van der Waals surface area contributed by atoms with E-state index < -0.39 is 0 Å². The predicted octanol–water partition coefficient (Wildman–Crippen LogP) is 5.33. The first-order chi connectivity index (χ1) is 12.7. The van der Waals surface area contributed by atoms with Gasteiger partial charge < -0.3 is 4.90 Å². The van der Waals surface area contributed by atoms with Gasteiger partial charge in [-0.2, -0.15) is 0 Å². The number of hydrogen-bond acceptors (Lipinski definition) is 4. The zero-order chi connectivity index (χ0) is 18.1. The Morgan fingerprint density at radius 2 is 1.69 bits per heavy atom. The van der Waals surface area contributed by atoms with Gasteiger partial charge in [0.05, 0.1) is 5.70 Å². The highest BCUT2D eigenvalue weighted by atomic mass is 35.5. The molecule has 3 aromatic rings. The third kappa shape index (κ3) is 3.00. The smallest absolute Gasteiger partial charge is 0.165 e. The van der Waals surface area contributed by atoms with Gasteiger partial charge in [-0.1, -0.05) is 59.8 Å². The molecule has 5 heteroatoms. The van der Waals surface area contributed by atoms with Gasteiger partial charge in [-0.25, -0.2) is 4.99 Å². The molecule has 1 aromatic heterocycles. The lowest BCUT2D eigenvalue weighted by atomic mass is 9.96. The van der Waals surface area contributed by atoms with Crippen LogP contribution in [-0.2, 0) is 0 Å². The molecule has 0 saturated carbocycles. The van der Waals surface area contributed by atoms with Crippen molar-refractivity contribution in [2.45, 2.75) is 5.50 Å². The molecule has 0 amide bonds. The van der Waals surface area contributed by atoms with Gasteiger partial charge in [-0.05, 0) is 40.8 Å². The summed E-state index contributed by atoms with van der Waals surface area (Å²) in [7, 11) is 1.98. The topological polar surface area (TPSA) is 28.5 Å². The van der Waals surface area contributed by atoms with E-state index in [0.29, 0.717) is 0 Å². The number of thioether (sulfide) groups is 1. The molecule has 0 N–H and O–H groups in total. The first kappa shape index (κ1) is 17.1. The van der Waals surface area contributed by atoms with Gasteiger partial charge in [0.15, 0.2) is 5.17 Å². The number of pyridine rings is 1. The molecule has 1 aliphatic rings. The Kier molecular flexibility index (Phi) is 4.70. The number of halogens is 1. The molecule has 2 aromatic carbocycles. The number of nitrogens with zero attached hydrogens (tertiary/aromatic N) is 3. The minimum atomic E-state index is -0.292. The standard InChI is InChI=1S/C21H18ClN3S/c1-25-20(22)18(17-8-7-14-5-3-4-6-16(14)13-17)19(24-21(25)26-2)15-9-11-23-12-10-15/h3-13,20H,1-2H3. The van der Waals surface area contributed by atoms with Gasteiger partial charge in [0, 0.05) is 30.6 Å². The highest BCUT2D eigenvalue weighted by Gasteiger charge is 2.29. The number of alkyl halides is 1. The van der Waals surface area contributed by atoms with Crippen molar-refractivity contribution >= 4 is 50.6 Å². The molecule has 0 aliphatic carbocycles. The van der Waals surface area contributed by atoms with Crippen LogP contribution in [0.3, 0.4) is 0 Å². The summed E-state index contributed by atoms with van der Waals surface area (Å²) in [5, 5.41) is 3.31. The van der Waals surface area contributed by atoms with Crippen LogP contribution in [0.5, 0.6) is 0 Å². The summed E-state index contributed by atoms with van der Waals surface area (Å²) >= 11 is 8.49. The van der Waals surface area contributed by atoms with Crippen molar-refractivity contribution in [3.05, 3.63) is 78.1 Å². The largest absolute Gasteiger partial charge is 0.334 e. The van der Waals surface area contributed by atoms with E-state index in [1.165, 1.54) is 10.8 Å². The van der Waals surface area contributed by atoms with Gasteiger partial charge in [-0.3, -0.25) is 4.98 Å². The van der Waals surface area contributed by atoms with Crippen LogP contribution in [0.4, 0.5) is 0 Å². The van der Waals surface area contributed by atoms with Crippen molar-refractivity contribution in [3.8, 4) is 0 Å². The maximum Gasteiger partial charge on any atom is 0.165 e. The van der Waals surface area contributed by atoms with E-state index in [9.17, 15) is 0 Å². The molecule has 1 unspecified atom stereocenters. The maximum absolute atomic E-state index is 6.90. The molecule has 130 valence electrons. The lowest BCUT2D eigenvalue weighted by Crippen LogP contribution is -2.35. The second-order valence-electron chi connectivity index (χ2n) is 6.11. The Labute approximate surface area is 162 Å². The van der Waals surface area contributed by atoms with Crippen molar-refractivity contribution in [2.24, 2.45) is 4.99 Å². The van der Waals surface area contributed by atoms with E-state index in [4.69, 9.17) is 16.6 Å². The second-order valence-corrected chi connectivity index (χ2v) is 7.29. The highest BCUT2D eigenvalue weighted by molar-refractivity contribution is 8.13. The Morgan fingerprint density at radius 3 is 2.42 bits per heavy atom. The summed E-state index contributed by atoms with van der Waals surface area (Å²) < 4.78 is 0. The van der Waals surface area contributed by atoms with Gasteiger partial charge in [0.1, 0.15) is 5.50 Å². The Morgan fingerprint density at radius 1 is 0.962 bits per heavy atom. The van der Waals surface area contributed by atoms with Crippen LogP contribution < -0.4 is 0 Å². The molecule has 0 saturated heterocycles. The molecule has 1 aliphatic heterocycles. The van der Waals surface area contributed by atoms with Crippen molar-refractivity contribution in [3.63, 3.8) is 0 Å². The van der Waals surface area contributed by atoms with Crippen LogP contribution in [0.25, 0.3) is 22.0 Å². The lowest BCUT2D eigenvalue weighted by molar-refractivity contribution is 0.538. The lowest BCUT2D eigenvalue weighted by Gasteiger charge is -2.33. The van der Waals surface area contributed by atoms with Crippen LogP contribution in [0, 0.1) is 0 Å². The van der Waals surface area contributed by atoms with Gasteiger partial charge in [-0.15, -0.1) is 0 Å². The van der Waals surface area contributed by atoms with E-state index in [1.807, 2.05) is 30.3 Å². The fraction of sp³-hybridized carbons (Fsp3) is 0.143. The molecular weight excluding hydrogens is 362 g/mol. The quantitative estimate of drug-likeness (QED) is 0.445. The zero-order valence-corrected chi connectivity index (χ0v) is 16.1. The van der Waals surface area contributed by atoms with E-state index in [0.717, 1.165) is 27.6 Å². The van der Waals surface area contributed by atoms with E-state index >= 15 is 0 Å². The van der Waals surface area contributed by atoms with E-state index in [-0.39, 0.29) is 5.50 Å². The van der Waals surface area contributed by atoms with Crippen LogP contribution in [-0.4, -0.2) is 33.9 Å². The Hall–Kier alpha value is -2.30. The number of fused-ring (bicyclic) bond motifs is 1. The molecule has 1 atom stereocenters. The third-order valence-electron chi connectivity index (χ3n) is 4.54. The number of likely N-dealkylation sites (N-methyl/N-ethyl adjacent to an activating group) is 1. The number of rotatable bonds is 2. The van der Waals surface area contributed by atoms with Crippen molar-refractivity contribution < 1.29 is 0 Å². The molecule has 3 nitrogen and oxygen atoms in total. The van der Waals surface area contributed by atoms with Crippen molar-refractivity contribution in [2.75, 3.05) is 13.3 Å². The van der Waals surface area contributed by atoms with Crippen LogP contribution >= 0.6 is 23.4 Å². The Balaban J connectivity index is 1.97. The average Bonchev–Trinajstić information content (AvgIpc) is 2.70. The summed E-state index contributed by atoms with van der Waals surface area (Å²) in [4.78, 5) is 11.1. The van der Waals surface area contributed by atoms with E-state index in [1.54, 1.807) is 24.2 Å². The normalized spacial score (nSPS) is 17.6. The number of aliphatic imine (C=N–C) groups is 1.